The Kier molecular flexibility index (Phi) is 16.7. The van der Waals surface area contributed by atoms with Crippen LogP contribution in [-0.2, 0) is 31.3 Å². The molecule has 6 aromatic rings. The molecule has 4 fully saturated rings. The smallest absolute Gasteiger partial charge is 0.217 e. The number of alkyl halides is 1. The van der Waals surface area contributed by atoms with Gasteiger partial charge in [-0.3, -0.25) is 19.4 Å². The summed E-state index contributed by atoms with van der Waals surface area (Å²) in [4.78, 5) is 61.8. The lowest BCUT2D eigenvalue weighted by molar-refractivity contribution is -0.135. The molecule has 0 bridgehead atoms. The van der Waals surface area contributed by atoms with Crippen LogP contribution in [0.2, 0.25) is 0 Å². The maximum atomic E-state index is 17.8. The highest BCUT2D eigenvalue weighted by Crippen LogP contribution is 2.58. The molecule has 2 N–H and O–H groups in total. The number of aliphatic imine (C=N–C) groups is 1. The van der Waals surface area contributed by atoms with Gasteiger partial charge in [0.1, 0.15) is 34.8 Å². The van der Waals surface area contributed by atoms with Crippen molar-refractivity contribution in [2.45, 2.75) is 180 Å². The quantitative estimate of drug-likeness (QED) is 0.0836. The first-order valence-electron chi connectivity index (χ1n) is 31.0. The lowest BCUT2D eigenvalue weighted by Gasteiger charge is -2.39. The van der Waals surface area contributed by atoms with E-state index in [1.165, 1.54) is 38.1 Å². The van der Waals surface area contributed by atoms with E-state index in [0.717, 1.165) is 36.1 Å². The summed E-state index contributed by atoms with van der Waals surface area (Å²) in [5.74, 6) is -6.95. The number of halogens is 5. The van der Waals surface area contributed by atoms with Crippen LogP contribution in [0, 0.1) is 64.2 Å². The average Bonchev–Trinajstić information content (AvgIpc) is 4.21. The molecular formula is C72H80F5N3O4. The summed E-state index contributed by atoms with van der Waals surface area (Å²) in [6, 6.07) is 28.8. The van der Waals surface area contributed by atoms with Crippen LogP contribution in [-0.4, -0.2) is 40.0 Å². The fraction of sp³-hybridized carbons (Fsp3) is 0.486. The number of aromatic amines is 1. The SMILES string of the molecule is CC(=O)C[C@H](C(=O)C1CCC[C@H]1c1cc2cc([C@H]3CC[C@H](c4cc5c(cc4F)CC([C@@H]4CCCC4(C)C(=O)[C@@H](NC(C)=O)C(C)C)=N5)C3c3cc(F)c(C4CCC(C(F)(c5ccccc5)c5ccccc5)CC4)c(F)c3)c(F)cc2[nH]1)C(C)C. The zero-order valence-corrected chi connectivity index (χ0v) is 49.6. The predicted octanol–water partition coefficient (Wildman–Crippen LogP) is 17.2. The standard InChI is InChI=1S/C72H80F5N3O4/c1-39(2)54(30-41(5)81)69(83)53-21-14-20-50(53)64-35-44-31-55(59(74)38-63(44)79-64)51-27-28-52(56-37-62-45(32-58(56)73)36-65(80-62)57-22-15-29-71(57,7)70(84)68(40(3)4)78-42(6)82)66(51)46-33-60(75)67(61(76)34-46)43-23-25-49(26-24-43)72(77,47-16-10-8-11-17-47)48-18-12-9-13-19-48/h8-13,16-19,31-35,37-40,43,49-54,57,66,68,79H,14-15,20-30,36H2,1-7H3,(H,78,82)/t43?,49?,50-,51-,52-,53?,54+,57+,66?,68+,71?/m1/s1. The van der Waals surface area contributed by atoms with E-state index in [9.17, 15) is 19.2 Å². The summed E-state index contributed by atoms with van der Waals surface area (Å²) in [5.41, 5.74) is 2.81. The Bertz CT molecular complexity index is 3450. The van der Waals surface area contributed by atoms with Crippen LogP contribution in [0.5, 0.6) is 0 Å². The average molecular weight is 1150 g/mol. The Balaban J connectivity index is 0.939. The lowest BCUT2D eigenvalue weighted by atomic mass is 9.68. The Labute approximate surface area is 491 Å². The number of benzene rings is 5. The van der Waals surface area contributed by atoms with Gasteiger partial charge in [0.15, 0.2) is 11.5 Å². The second kappa shape index (κ2) is 23.7. The number of nitrogens with zero attached hydrogens (tertiary/aromatic N) is 1. The number of ketones is 3. The molecule has 3 unspecified atom stereocenters. The van der Waals surface area contributed by atoms with Gasteiger partial charge < -0.3 is 15.1 Å². The van der Waals surface area contributed by atoms with Gasteiger partial charge in [0.2, 0.25) is 5.91 Å². The molecule has 2 heterocycles. The second-order valence-corrected chi connectivity index (χ2v) is 26.6. The van der Waals surface area contributed by atoms with Crippen LogP contribution in [0.25, 0.3) is 10.9 Å². The third-order valence-corrected chi connectivity index (χ3v) is 20.8. The molecule has 5 aromatic carbocycles. The van der Waals surface area contributed by atoms with Crippen molar-refractivity contribution in [3.8, 4) is 0 Å². The van der Waals surface area contributed by atoms with Gasteiger partial charge in [-0.2, -0.15) is 0 Å². The molecule has 5 aliphatic rings. The topological polar surface area (TPSA) is 108 Å². The van der Waals surface area contributed by atoms with Crippen molar-refractivity contribution in [2.24, 2.45) is 45.9 Å². The van der Waals surface area contributed by atoms with Crippen LogP contribution in [0.4, 0.5) is 27.6 Å². The van der Waals surface area contributed by atoms with Gasteiger partial charge in [-0.1, -0.05) is 108 Å². The van der Waals surface area contributed by atoms with Crippen molar-refractivity contribution in [3.63, 3.8) is 0 Å². The highest BCUT2D eigenvalue weighted by molar-refractivity contribution is 6.02. The number of carbonyl (C=O) groups excluding carboxylic acids is 4. The molecule has 11 rings (SSSR count). The van der Waals surface area contributed by atoms with E-state index in [2.05, 4.69) is 10.3 Å². The van der Waals surface area contributed by atoms with Crippen LogP contribution < -0.4 is 5.32 Å². The van der Waals surface area contributed by atoms with E-state index in [1.54, 1.807) is 30.3 Å². The van der Waals surface area contributed by atoms with Crippen molar-refractivity contribution >= 4 is 45.6 Å². The van der Waals surface area contributed by atoms with E-state index in [-0.39, 0.29) is 64.8 Å². The van der Waals surface area contributed by atoms with Crippen molar-refractivity contribution in [1.29, 1.82) is 0 Å². The summed E-state index contributed by atoms with van der Waals surface area (Å²) in [7, 11) is 0. The normalized spacial score (nSPS) is 26.0. The predicted molar refractivity (Wildman–Crippen MR) is 320 cm³/mol. The van der Waals surface area contributed by atoms with Crippen molar-refractivity contribution in [2.75, 3.05) is 0 Å². The minimum Gasteiger partial charge on any atom is -0.358 e. The molecule has 0 radical (unpaired) electrons. The number of carbonyl (C=O) groups is 4. The van der Waals surface area contributed by atoms with Gasteiger partial charge in [0, 0.05) is 82.6 Å². The number of hydrogen-bond acceptors (Lipinski definition) is 5. The Morgan fingerprint density at radius 3 is 1.90 bits per heavy atom. The molecule has 0 spiro atoms. The molecule has 1 amide bonds. The zero-order chi connectivity index (χ0) is 59.5. The first kappa shape index (κ1) is 59.2. The molecule has 1 aliphatic heterocycles. The highest BCUT2D eigenvalue weighted by Gasteiger charge is 2.51. The van der Waals surface area contributed by atoms with Crippen molar-refractivity contribution < 1.29 is 41.1 Å². The molecular weight excluding hydrogens is 1070 g/mol. The fourth-order valence-electron chi connectivity index (χ4n) is 16.6. The molecule has 7 nitrogen and oxygen atoms in total. The van der Waals surface area contributed by atoms with Crippen molar-refractivity contribution in [3.05, 3.63) is 171 Å². The molecule has 442 valence electrons. The number of fused-ring (bicyclic) bond motifs is 2. The zero-order valence-electron chi connectivity index (χ0n) is 49.6. The number of H-pyrrole nitrogens is 1. The van der Waals surface area contributed by atoms with Crippen LogP contribution in [0.1, 0.15) is 206 Å². The number of Topliss-reactive ketones (excluding diaryl/α,β-unsaturated/α-hetero) is 3. The van der Waals surface area contributed by atoms with Crippen molar-refractivity contribution in [1.82, 2.24) is 10.3 Å². The molecule has 9 atom stereocenters. The van der Waals surface area contributed by atoms with Gasteiger partial charge in [-0.15, -0.1) is 0 Å². The lowest BCUT2D eigenvalue weighted by Crippen LogP contribution is -2.51. The summed E-state index contributed by atoms with van der Waals surface area (Å²) in [6.45, 7) is 12.7. The van der Waals surface area contributed by atoms with E-state index in [1.807, 2.05) is 83.1 Å². The van der Waals surface area contributed by atoms with Gasteiger partial charge >= 0.3 is 0 Å². The maximum absolute atomic E-state index is 17.8. The molecule has 4 aliphatic carbocycles. The van der Waals surface area contributed by atoms with Crippen LogP contribution in [0.3, 0.4) is 0 Å². The molecule has 1 aromatic heterocycles. The molecule has 12 heteroatoms. The fourth-order valence-corrected chi connectivity index (χ4v) is 16.6. The minimum atomic E-state index is -1.81. The monoisotopic (exact) mass is 1150 g/mol. The minimum absolute atomic E-state index is 0.00584. The molecule has 0 saturated heterocycles. The third-order valence-electron chi connectivity index (χ3n) is 20.8. The number of rotatable bonds is 18. The van der Waals surface area contributed by atoms with Crippen LogP contribution in [0.15, 0.2) is 108 Å². The number of hydrogen-bond donors (Lipinski definition) is 2. The van der Waals surface area contributed by atoms with Gasteiger partial charge in [-0.25, -0.2) is 22.0 Å². The summed E-state index contributed by atoms with van der Waals surface area (Å²) < 4.78 is 86.9. The summed E-state index contributed by atoms with van der Waals surface area (Å²) in [5, 5.41) is 3.62. The number of amides is 1. The van der Waals surface area contributed by atoms with E-state index >= 15 is 22.0 Å². The second-order valence-electron chi connectivity index (χ2n) is 26.6. The Hall–Kier alpha value is -6.56. The Morgan fingerprint density at radius 2 is 1.31 bits per heavy atom. The number of nitrogens with one attached hydrogen (secondary N) is 2. The third kappa shape index (κ3) is 10.9. The largest absolute Gasteiger partial charge is 0.358 e. The molecule has 84 heavy (non-hydrogen) atoms. The first-order chi connectivity index (χ1) is 40.2. The van der Waals surface area contributed by atoms with E-state index in [4.69, 9.17) is 4.99 Å². The van der Waals surface area contributed by atoms with Crippen LogP contribution >= 0.6 is 0 Å². The number of aromatic nitrogens is 1. The molecule has 4 saturated carbocycles. The van der Waals surface area contributed by atoms with Gasteiger partial charge in [-0.05, 0) is 182 Å². The summed E-state index contributed by atoms with van der Waals surface area (Å²) >= 11 is 0. The summed E-state index contributed by atoms with van der Waals surface area (Å²) in [6.07, 6.45) is 7.23. The Morgan fingerprint density at radius 1 is 0.690 bits per heavy atom. The maximum Gasteiger partial charge on any atom is 0.217 e. The highest BCUT2D eigenvalue weighted by atomic mass is 19.2. The van der Waals surface area contributed by atoms with E-state index < -0.39 is 75.9 Å². The van der Waals surface area contributed by atoms with Gasteiger partial charge in [0.25, 0.3) is 0 Å². The van der Waals surface area contributed by atoms with E-state index in [0.29, 0.717) is 109 Å². The first-order valence-corrected chi connectivity index (χ1v) is 31.0. The van der Waals surface area contributed by atoms with Gasteiger partial charge in [0.05, 0.1) is 11.7 Å².